The molecule has 3 rings (SSSR count). The molecule has 0 N–H and O–H groups in total. The van der Waals surface area contributed by atoms with E-state index in [0.29, 0.717) is 18.4 Å². The normalized spacial score (nSPS) is 14.9. The van der Waals surface area contributed by atoms with Gasteiger partial charge >= 0.3 is 0 Å². The number of aromatic nitrogens is 2. The number of nitrogens with zero attached hydrogens (tertiary/aromatic N) is 2. The third-order valence-corrected chi connectivity index (χ3v) is 3.13. The third kappa shape index (κ3) is 2.66. The topological polar surface area (TPSA) is 48.2 Å². The number of benzene rings is 1. The van der Waals surface area contributed by atoms with Crippen molar-refractivity contribution in [2.45, 2.75) is 25.4 Å². The van der Waals surface area contributed by atoms with Crippen molar-refractivity contribution in [3.8, 4) is 5.75 Å². The van der Waals surface area contributed by atoms with Crippen molar-refractivity contribution in [2.24, 2.45) is 0 Å². The second-order valence-corrected chi connectivity index (χ2v) is 4.98. The first-order chi connectivity index (χ1) is 8.31. The number of hydrogen-bond donors (Lipinski definition) is 0. The van der Waals surface area contributed by atoms with E-state index in [9.17, 15) is 0 Å². The molecule has 4 nitrogen and oxygen atoms in total. The molecule has 1 aromatic carbocycles. The van der Waals surface area contributed by atoms with Crippen LogP contribution in [0.4, 0.5) is 0 Å². The smallest absolute Gasteiger partial charge is 0.264 e. The van der Waals surface area contributed by atoms with E-state index in [0.717, 1.165) is 16.0 Å². The molecule has 1 aromatic heterocycles. The lowest BCUT2D eigenvalue weighted by Gasteiger charge is -2.02. The molecule has 1 fully saturated rings. The number of halogens is 1. The van der Waals surface area contributed by atoms with E-state index in [2.05, 4.69) is 26.1 Å². The van der Waals surface area contributed by atoms with Gasteiger partial charge in [-0.1, -0.05) is 21.1 Å². The van der Waals surface area contributed by atoms with E-state index in [4.69, 9.17) is 9.26 Å². The zero-order valence-electron chi connectivity index (χ0n) is 9.10. The van der Waals surface area contributed by atoms with Gasteiger partial charge in [-0.2, -0.15) is 4.98 Å². The first kappa shape index (κ1) is 10.8. The van der Waals surface area contributed by atoms with Crippen LogP contribution in [0, 0.1) is 0 Å². The highest BCUT2D eigenvalue weighted by atomic mass is 79.9. The average molecular weight is 295 g/mol. The molecule has 17 heavy (non-hydrogen) atoms. The Bertz CT molecular complexity index is 505. The van der Waals surface area contributed by atoms with Gasteiger partial charge in [-0.25, -0.2) is 0 Å². The summed E-state index contributed by atoms with van der Waals surface area (Å²) < 4.78 is 11.7. The van der Waals surface area contributed by atoms with Crippen molar-refractivity contribution in [1.82, 2.24) is 10.1 Å². The Balaban J connectivity index is 1.60. The maximum Gasteiger partial charge on any atom is 0.264 e. The fourth-order valence-electron chi connectivity index (χ4n) is 1.51. The van der Waals surface area contributed by atoms with Gasteiger partial charge in [-0.05, 0) is 37.1 Å². The van der Waals surface area contributed by atoms with Crippen molar-refractivity contribution in [3.05, 3.63) is 40.5 Å². The van der Waals surface area contributed by atoms with Crippen molar-refractivity contribution >= 4 is 15.9 Å². The molecule has 0 saturated heterocycles. The maximum atomic E-state index is 5.54. The molecule has 0 radical (unpaired) electrons. The van der Waals surface area contributed by atoms with Gasteiger partial charge in [-0.3, -0.25) is 0 Å². The summed E-state index contributed by atoms with van der Waals surface area (Å²) in [5, 5.41) is 3.93. The van der Waals surface area contributed by atoms with Gasteiger partial charge in [0.1, 0.15) is 5.75 Å². The van der Waals surface area contributed by atoms with Crippen LogP contribution < -0.4 is 4.74 Å². The molecule has 0 aliphatic heterocycles. The fraction of sp³-hybridized carbons (Fsp3) is 0.333. The molecule has 0 unspecified atom stereocenters. The highest BCUT2D eigenvalue weighted by Crippen LogP contribution is 2.38. The van der Waals surface area contributed by atoms with Gasteiger partial charge in [-0.15, -0.1) is 0 Å². The second kappa shape index (κ2) is 4.49. The van der Waals surface area contributed by atoms with Crippen LogP contribution >= 0.6 is 15.9 Å². The fourth-order valence-corrected chi connectivity index (χ4v) is 1.77. The molecule has 88 valence electrons. The molecule has 1 heterocycles. The van der Waals surface area contributed by atoms with Gasteiger partial charge in [0.05, 0.1) is 0 Å². The zero-order chi connectivity index (χ0) is 11.7. The minimum absolute atomic E-state index is 0.321. The Morgan fingerprint density at radius 2 is 2.06 bits per heavy atom. The first-order valence-corrected chi connectivity index (χ1v) is 6.31. The molecule has 1 aliphatic carbocycles. The van der Waals surface area contributed by atoms with Gasteiger partial charge in [0, 0.05) is 10.4 Å². The first-order valence-electron chi connectivity index (χ1n) is 5.52. The summed E-state index contributed by atoms with van der Waals surface area (Å²) in [6.45, 7) is 0.321. The highest BCUT2D eigenvalue weighted by molar-refractivity contribution is 9.10. The summed E-state index contributed by atoms with van der Waals surface area (Å²) in [4.78, 5) is 4.29. The van der Waals surface area contributed by atoms with Crippen molar-refractivity contribution in [3.63, 3.8) is 0 Å². The molecular weight excluding hydrogens is 284 g/mol. The van der Waals surface area contributed by atoms with Crippen LogP contribution in [0.1, 0.15) is 30.5 Å². The molecule has 0 atom stereocenters. The van der Waals surface area contributed by atoms with Crippen LogP contribution in [0.5, 0.6) is 5.75 Å². The van der Waals surface area contributed by atoms with Crippen LogP contribution in [0.3, 0.4) is 0 Å². The van der Waals surface area contributed by atoms with Crippen molar-refractivity contribution < 1.29 is 9.26 Å². The molecule has 0 spiro atoms. The molecule has 0 amide bonds. The van der Waals surface area contributed by atoms with Gasteiger partial charge < -0.3 is 9.26 Å². The number of ether oxygens (including phenoxy) is 1. The second-order valence-electron chi connectivity index (χ2n) is 4.06. The predicted molar refractivity (Wildman–Crippen MR) is 64.7 cm³/mol. The van der Waals surface area contributed by atoms with E-state index < -0.39 is 0 Å². The molecule has 1 aliphatic rings. The lowest BCUT2D eigenvalue weighted by Crippen LogP contribution is -1.95. The third-order valence-electron chi connectivity index (χ3n) is 2.60. The quantitative estimate of drug-likeness (QED) is 0.868. The predicted octanol–water partition coefficient (Wildman–Crippen LogP) is 3.29. The van der Waals surface area contributed by atoms with Crippen LogP contribution in [0.15, 0.2) is 33.3 Å². The molecular formula is C12H11BrN2O2. The van der Waals surface area contributed by atoms with Crippen LogP contribution in [-0.4, -0.2) is 10.1 Å². The maximum absolute atomic E-state index is 5.54. The zero-order valence-corrected chi connectivity index (χ0v) is 10.7. The van der Waals surface area contributed by atoms with Crippen LogP contribution in [0.25, 0.3) is 0 Å². The van der Waals surface area contributed by atoms with Crippen LogP contribution in [-0.2, 0) is 6.61 Å². The van der Waals surface area contributed by atoms with Gasteiger partial charge in [0.15, 0.2) is 12.4 Å². The van der Waals surface area contributed by atoms with E-state index in [1.807, 2.05) is 24.3 Å². The van der Waals surface area contributed by atoms with E-state index in [1.54, 1.807) is 0 Å². The summed E-state index contributed by atoms with van der Waals surface area (Å²) >= 11 is 3.37. The molecule has 0 bridgehead atoms. The van der Waals surface area contributed by atoms with E-state index in [1.165, 1.54) is 12.8 Å². The Morgan fingerprint density at radius 3 is 2.76 bits per heavy atom. The van der Waals surface area contributed by atoms with Crippen LogP contribution in [0.2, 0.25) is 0 Å². The Morgan fingerprint density at radius 1 is 1.29 bits per heavy atom. The Hall–Kier alpha value is -1.36. The lowest BCUT2D eigenvalue weighted by molar-refractivity contribution is 0.242. The summed E-state index contributed by atoms with van der Waals surface area (Å²) in [5.41, 5.74) is 0. The number of hydrogen-bond acceptors (Lipinski definition) is 4. The largest absolute Gasteiger partial charge is 0.484 e. The minimum atomic E-state index is 0.321. The summed E-state index contributed by atoms with van der Waals surface area (Å²) in [6, 6.07) is 7.64. The number of rotatable bonds is 4. The van der Waals surface area contributed by atoms with Crippen molar-refractivity contribution in [2.75, 3.05) is 0 Å². The van der Waals surface area contributed by atoms with E-state index in [-0.39, 0.29) is 0 Å². The molecule has 1 saturated carbocycles. The van der Waals surface area contributed by atoms with Crippen molar-refractivity contribution in [1.29, 1.82) is 0 Å². The lowest BCUT2D eigenvalue weighted by atomic mass is 10.3. The monoisotopic (exact) mass is 294 g/mol. The summed E-state index contributed by atoms with van der Waals surface area (Å²) in [7, 11) is 0. The Kier molecular flexibility index (Phi) is 2.84. The van der Waals surface area contributed by atoms with Gasteiger partial charge in [0.2, 0.25) is 0 Å². The molecule has 5 heteroatoms. The summed E-state index contributed by atoms with van der Waals surface area (Å²) in [5.74, 6) is 2.66. The van der Waals surface area contributed by atoms with E-state index >= 15 is 0 Å². The average Bonchev–Trinajstić information content (AvgIpc) is 3.09. The Labute approximate surface area is 107 Å². The molecule has 2 aromatic rings. The summed E-state index contributed by atoms with van der Waals surface area (Å²) in [6.07, 6.45) is 2.35. The minimum Gasteiger partial charge on any atom is -0.484 e. The standard InChI is InChI=1S/C12H11BrN2O2/c13-9-3-5-10(6-4-9)16-7-11-14-12(15-17-11)8-1-2-8/h3-6,8H,1-2,7H2. The SMILES string of the molecule is Brc1ccc(OCc2nc(C3CC3)no2)cc1. The van der Waals surface area contributed by atoms with Gasteiger partial charge in [0.25, 0.3) is 5.89 Å². The highest BCUT2D eigenvalue weighted by Gasteiger charge is 2.28.